The van der Waals surface area contributed by atoms with Crippen molar-refractivity contribution in [3.63, 3.8) is 0 Å². The van der Waals surface area contributed by atoms with E-state index < -0.39 is 0 Å². The second kappa shape index (κ2) is 12.3. The minimum Gasteiger partial charge on any atom is -0.459 e. The van der Waals surface area contributed by atoms with E-state index in [2.05, 4.69) is 34.8 Å². The molecule has 3 N–H and O–H groups in total. The maximum Gasteiger partial charge on any atom is 0.287 e. The third-order valence-corrected chi connectivity index (χ3v) is 2.92. The molecule has 0 unspecified atom stereocenters. The standard InChI is InChI=1S/C15H26N4O2.HI/c1-12(2)6-4-8-18-15(16-3)19-10-9-17-14(20)13-7-5-11-21-13;/h5,7,11-12H,4,6,8-10H2,1-3H3,(H,17,20)(H2,16,18,19);1H. The van der Waals surface area contributed by atoms with E-state index in [1.807, 2.05) is 0 Å². The lowest BCUT2D eigenvalue weighted by atomic mass is 10.1. The van der Waals surface area contributed by atoms with Gasteiger partial charge in [0, 0.05) is 26.7 Å². The molecule has 0 fully saturated rings. The van der Waals surface area contributed by atoms with Crippen LogP contribution in [0.1, 0.15) is 37.2 Å². The van der Waals surface area contributed by atoms with Gasteiger partial charge in [0.25, 0.3) is 5.91 Å². The first-order chi connectivity index (χ1) is 10.1. The summed E-state index contributed by atoms with van der Waals surface area (Å²) in [6.07, 6.45) is 3.80. The molecule has 0 aliphatic heterocycles. The number of amides is 1. The molecule has 7 heteroatoms. The van der Waals surface area contributed by atoms with Crippen molar-refractivity contribution in [1.29, 1.82) is 0 Å². The Bertz CT molecular complexity index is 433. The Hall–Kier alpha value is -1.25. The molecule has 0 spiro atoms. The van der Waals surface area contributed by atoms with Crippen molar-refractivity contribution in [1.82, 2.24) is 16.0 Å². The number of nitrogens with one attached hydrogen (secondary N) is 3. The first-order valence-corrected chi connectivity index (χ1v) is 7.39. The second-order valence-corrected chi connectivity index (χ2v) is 5.20. The van der Waals surface area contributed by atoms with Gasteiger partial charge in [-0.25, -0.2) is 0 Å². The number of nitrogens with zero attached hydrogens (tertiary/aromatic N) is 1. The van der Waals surface area contributed by atoms with E-state index in [1.54, 1.807) is 19.2 Å². The van der Waals surface area contributed by atoms with Crippen LogP contribution >= 0.6 is 24.0 Å². The minimum absolute atomic E-state index is 0. The first kappa shape index (κ1) is 20.8. The fourth-order valence-electron chi connectivity index (χ4n) is 1.79. The van der Waals surface area contributed by atoms with Crippen LogP contribution in [0.4, 0.5) is 0 Å². The summed E-state index contributed by atoms with van der Waals surface area (Å²) >= 11 is 0. The number of carbonyl (C=O) groups is 1. The lowest BCUT2D eigenvalue weighted by Crippen LogP contribution is -2.41. The zero-order valence-corrected chi connectivity index (χ0v) is 15.8. The second-order valence-electron chi connectivity index (χ2n) is 5.20. The van der Waals surface area contributed by atoms with Gasteiger partial charge in [-0.05, 0) is 30.9 Å². The topological polar surface area (TPSA) is 78.7 Å². The maximum absolute atomic E-state index is 11.6. The largest absolute Gasteiger partial charge is 0.459 e. The lowest BCUT2D eigenvalue weighted by Gasteiger charge is -2.12. The van der Waals surface area contributed by atoms with Crippen LogP contribution in [0.5, 0.6) is 0 Å². The molecular weight excluding hydrogens is 395 g/mol. The van der Waals surface area contributed by atoms with Gasteiger partial charge in [-0.3, -0.25) is 9.79 Å². The number of furan rings is 1. The summed E-state index contributed by atoms with van der Waals surface area (Å²) in [5, 5.41) is 9.17. The molecule has 22 heavy (non-hydrogen) atoms. The Labute approximate surface area is 149 Å². The fraction of sp³-hybridized carbons (Fsp3) is 0.600. The number of rotatable bonds is 8. The van der Waals surface area contributed by atoms with Gasteiger partial charge in [-0.1, -0.05) is 13.8 Å². The van der Waals surface area contributed by atoms with E-state index in [9.17, 15) is 4.79 Å². The van der Waals surface area contributed by atoms with Gasteiger partial charge in [-0.2, -0.15) is 0 Å². The highest BCUT2D eigenvalue weighted by atomic mass is 127. The van der Waals surface area contributed by atoms with Crippen LogP contribution in [-0.2, 0) is 0 Å². The first-order valence-electron chi connectivity index (χ1n) is 7.39. The third-order valence-electron chi connectivity index (χ3n) is 2.92. The van der Waals surface area contributed by atoms with E-state index >= 15 is 0 Å². The Kier molecular flexibility index (Phi) is 11.6. The Morgan fingerprint density at radius 2 is 1.91 bits per heavy atom. The van der Waals surface area contributed by atoms with Crippen LogP contribution in [0.2, 0.25) is 0 Å². The molecular formula is C15H27IN4O2. The molecule has 126 valence electrons. The van der Waals surface area contributed by atoms with Crippen LogP contribution in [-0.4, -0.2) is 38.5 Å². The molecule has 0 atom stereocenters. The van der Waals surface area contributed by atoms with Gasteiger partial charge in [-0.15, -0.1) is 24.0 Å². The predicted molar refractivity (Wildman–Crippen MR) is 99.9 cm³/mol. The molecule has 6 nitrogen and oxygen atoms in total. The van der Waals surface area contributed by atoms with Crippen molar-refractivity contribution in [3.05, 3.63) is 24.2 Å². The molecule has 1 amide bonds. The lowest BCUT2D eigenvalue weighted by molar-refractivity contribution is 0.0926. The van der Waals surface area contributed by atoms with Crippen molar-refractivity contribution in [2.24, 2.45) is 10.9 Å². The van der Waals surface area contributed by atoms with Gasteiger partial charge in [0.05, 0.1) is 6.26 Å². The predicted octanol–water partition coefficient (Wildman–Crippen LogP) is 2.23. The molecule has 1 heterocycles. The van der Waals surface area contributed by atoms with E-state index in [0.29, 0.717) is 18.8 Å². The van der Waals surface area contributed by atoms with E-state index in [4.69, 9.17) is 4.42 Å². The average molecular weight is 422 g/mol. The molecule has 0 aliphatic rings. The highest BCUT2D eigenvalue weighted by Gasteiger charge is 2.06. The van der Waals surface area contributed by atoms with Crippen LogP contribution in [0.15, 0.2) is 27.8 Å². The monoisotopic (exact) mass is 422 g/mol. The molecule has 0 bridgehead atoms. The normalized spacial score (nSPS) is 11.0. The zero-order valence-electron chi connectivity index (χ0n) is 13.5. The van der Waals surface area contributed by atoms with Crippen molar-refractivity contribution >= 4 is 35.8 Å². The van der Waals surface area contributed by atoms with E-state index in [0.717, 1.165) is 24.8 Å². The molecule has 0 saturated heterocycles. The number of hydrogen-bond donors (Lipinski definition) is 3. The smallest absolute Gasteiger partial charge is 0.287 e. The molecule has 1 aromatic heterocycles. The number of aliphatic imine (C=N–C) groups is 1. The number of halogens is 1. The molecule has 0 aliphatic carbocycles. The summed E-state index contributed by atoms with van der Waals surface area (Å²) in [7, 11) is 1.74. The van der Waals surface area contributed by atoms with Gasteiger partial charge in [0.2, 0.25) is 0 Å². The quantitative estimate of drug-likeness (QED) is 0.260. The fourth-order valence-corrected chi connectivity index (χ4v) is 1.79. The summed E-state index contributed by atoms with van der Waals surface area (Å²) in [6, 6.07) is 3.33. The SMILES string of the molecule is CN=C(NCCCC(C)C)NCCNC(=O)c1ccco1.I. The summed E-state index contributed by atoms with van der Waals surface area (Å²) in [5.41, 5.74) is 0. The van der Waals surface area contributed by atoms with E-state index in [-0.39, 0.29) is 29.9 Å². The van der Waals surface area contributed by atoms with Crippen LogP contribution in [0, 0.1) is 5.92 Å². The minimum atomic E-state index is -0.207. The van der Waals surface area contributed by atoms with Crippen LogP contribution in [0.25, 0.3) is 0 Å². The Morgan fingerprint density at radius 3 is 2.50 bits per heavy atom. The van der Waals surface area contributed by atoms with Crippen molar-refractivity contribution in [2.45, 2.75) is 26.7 Å². The number of guanidine groups is 1. The summed E-state index contributed by atoms with van der Waals surface area (Å²) in [5.74, 6) is 1.59. The molecule has 0 saturated carbocycles. The molecule has 0 radical (unpaired) electrons. The highest BCUT2D eigenvalue weighted by Crippen LogP contribution is 2.01. The van der Waals surface area contributed by atoms with Gasteiger partial charge in [0.1, 0.15) is 0 Å². The highest BCUT2D eigenvalue weighted by molar-refractivity contribution is 14.0. The average Bonchev–Trinajstić information content (AvgIpc) is 2.99. The number of hydrogen-bond acceptors (Lipinski definition) is 3. The van der Waals surface area contributed by atoms with Crippen LogP contribution in [0.3, 0.4) is 0 Å². The molecule has 1 aromatic rings. The maximum atomic E-state index is 11.6. The van der Waals surface area contributed by atoms with Crippen molar-refractivity contribution in [3.8, 4) is 0 Å². The van der Waals surface area contributed by atoms with Gasteiger partial charge in [0.15, 0.2) is 11.7 Å². The molecule has 0 aromatic carbocycles. The van der Waals surface area contributed by atoms with Gasteiger partial charge >= 0.3 is 0 Å². The summed E-state index contributed by atoms with van der Waals surface area (Å²) < 4.78 is 5.01. The Balaban J connectivity index is 0.00000441. The summed E-state index contributed by atoms with van der Waals surface area (Å²) in [4.78, 5) is 15.8. The Morgan fingerprint density at radius 1 is 1.23 bits per heavy atom. The zero-order chi connectivity index (χ0) is 15.5. The molecule has 1 rings (SSSR count). The van der Waals surface area contributed by atoms with Gasteiger partial charge < -0.3 is 20.4 Å². The van der Waals surface area contributed by atoms with Crippen LogP contribution < -0.4 is 16.0 Å². The number of carbonyl (C=O) groups excluding carboxylic acids is 1. The van der Waals surface area contributed by atoms with Crippen molar-refractivity contribution < 1.29 is 9.21 Å². The van der Waals surface area contributed by atoms with E-state index in [1.165, 1.54) is 12.7 Å². The third kappa shape index (κ3) is 8.91. The van der Waals surface area contributed by atoms with Crippen molar-refractivity contribution in [2.75, 3.05) is 26.7 Å². The summed E-state index contributed by atoms with van der Waals surface area (Å²) in [6.45, 7) is 6.45.